The topological polar surface area (TPSA) is 93.4 Å². The van der Waals surface area contributed by atoms with Gasteiger partial charge in [0, 0.05) is 29.6 Å². The third-order valence-electron chi connectivity index (χ3n) is 5.89. The van der Waals surface area contributed by atoms with E-state index in [0.29, 0.717) is 17.8 Å². The summed E-state index contributed by atoms with van der Waals surface area (Å²) in [5.74, 6) is 1.49. The lowest BCUT2D eigenvalue weighted by molar-refractivity contribution is -0.106. The zero-order valence-electron chi connectivity index (χ0n) is 18.3. The molecule has 4 rings (SSSR count). The van der Waals surface area contributed by atoms with Gasteiger partial charge in [-0.2, -0.15) is 0 Å². The second kappa shape index (κ2) is 10.6. The Bertz CT molecular complexity index is 1100. The van der Waals surface area contributed by atoms with Crippen molar-refractivity contribution in [3.05, 3.63) is 53.1 Å². The summed E-state index contributed by atoms with van der Waals surface area (Å²) in [6.45, 7) is 6.40. The second-order valence-electron chi connectivity index (χ2n) is 7.74. The molecule has 2 aromatic carbocycles. The monoisotopic (exact) mass is 459 g/mol. The highest BCUT2D eigenvalue weighted by Gasteiger charge is 2.28. The van der Waals surface area contributed by atoms with E-state index in [2.05, 4.69) is 39.8 Å². The van der Waals surface area contributed by atoms with Crippen LogP contribution in [0.3, 0.4) is 0 Å². The Kier molecular flexibility index (Phi) is 7.82. The highest BCUT2D eigenvalue weighted by Crippen LogP contribution is 2.34. The summed E-state index contributed by atoms with van der Waals surface area (Å²) < 4.78 is 20.0. The zero-order chi connectivity index (χ0) is 23.3. The predicted molar refractivity (Wildman–Crippen MR) is 125 cm³/mol. The van der Waals surface area contributed by atoms with Crippen LogP contribution in [-0.2, 0) is 11.3 Å². The van der Waals surface area contributed by atoms with Gasteiger partial charge in [0.15, 0.2) is 5.82 Å². The molecule has 0 radical (unpaired) electrons. The molecule has 1 fully saturated rings. The van der Waals surface area contributed by atoms with Crippen LogP contribution in [-0.4, -0.2) is 41.0 Å². The summed E-state index contributed by atoms with van der Waals surface area (Å²) in [5.41, 5.74) is 6.23. The van der Waals surface area contributed by atoms with Crippen molar-refractivity contribution in [1.82, 2.24) is 14.9 Å². The van der Waals surface area contributed by atoms with Crippen LogP contribution in [0.25, 0.3) is 10.9 Å². The Hall–Kier alpha value is -2.97. The van der Waals surface area contributed by atoms with Gasteiger partial charge in [0.05, 0.1) is 23.3 Å². The van der Waals surface area contributed by atoms with Crippen LogP contribution in [0.2, 0.25) is 5.02 Å². The third kappa shape index (κ3) is 5.08. The summed E-state index contributed by atoms with van der Waals surface area (Å²) in [6.07, 6.45) is 2.90. The number of carbonyl (C=O) groups excluding carboxylic acids is 1. The Morgan fingerprint density at radius 2 is 2.09 bits per heavy atom. The molecule has 1 unspecified atom stereocenters. The summed E-state index contributed by atoms with van der Waals surface area (Å²) in [5, 5.41) is 3.94. The first-order valence-corrected chi connectivity index (χ1v) is 10.7. The van der Waals surface area contributed by atoms with Gasteiger partial charge in [-0.3, -0.25) is 9.69 Å². The molecule has 1 aliphatic rings. The van der Waals surface area contributed by atoms with Crippen molar-refractivity contribution in [1.29, 1.82) is 0 Å². The van der Waals surface area contributed by atoms with Gasteiger partial charge in [-0.05, 0) is 44.0 Å². The number of hydrogen-bond acceptors (Lipinski definition) is 6. The van der Waals surface area contributed by atoms with Crippen molar-refractivity contribution >= 4 is 40.4 Å². The standard InChI is InChI=1S/C22H24ClFN4O.CH3NO/c1-13-7-8-28(14(13)2)11-15-9-16-19(10-20(15)29-3)25-12-26-22(16)27-18-6-4-5-17(23)21(18)24;2-1-3/h4-6,9-10,12-14H,7-8,11H2,1-3H3,(H,25,26,27);1H,(H2,2,3)/t13-,14?;/m0./s1. The van der Waals surface area contributed by atoms with Crippen molar-refractivity contribution in [2.45, 2.75) is 32.9 Å². The number of nitrogens with two attached hydrogens (primary N) is 1. The molecule has 0 saturated carbocycles. The number of anilines is 2. The van der Waals surface area contributed by atoms with Crippen LogP contribution in [0.15, 0.2) is 36.7 Å². The van der Waals surface area contributed by atoms with E-state index < -0.39 is 5.82 Å². The molecule has 1 saturated heterocycles. The minimum Gasteiger partial charge on any atom is -0.496 e. The van der Waals surface area contributed by atoms with E-state index in [1.165, 1.54) is 18.8 Å². The molecular weight excluding hydrogens is 433 g/mol. The molecule has 0 spiro atoms. The van der Waals surface area contributed by atoms with Crippen LogP contribution in [0.4, 0.5) is 15.9 Å². The van der Waals surface area contributed by atoms with Crippen molar-refractivity contribution in [3.63, 3.8) is 0 Å². The van der Waals surface area contributed by atoms with E-state index in [1.807, 2.05) is 12.1 Å². The molecule has 3 aromatic rings. The SMILES string of the molecule is COc1cc2ncnc(Nc3cccc(Cl)c3F)c2cc1CN1CC[C@H](C)C1C.NC=O. The molecule has 2 atom stereocenters. The molecule has 2 heterocycles. The smallest absolute Gasteiger partial charge is 0.204 e. The Morgan fingerprint density at radius 1 is 1.34 bits per heavy atom. The Balaban J connectivity index is 0.000000913. The highest BCUT2D eigenvalue weighted by atomic mass is 35.5. The van der Waals surface area contributed by atoms with E-state index >= 15 is 0 Å². The van der Waals surface area contributed by atoms with Crippen molar-refractivity contribution < 1.29 is 13.9 Å². The molecule has 9 heteroatoms. The molecule has 1 aliphatic heterocycles. The fourth-order valence-electron chi connectivity index (χ4n) is 3.89. The number of primary amides is 1. The Morgan fingerprint density at radius 3 is 2.75 bits per heavy atom. The lowest BCUT2D eigenvalue weighted by Gasteiger charge is -2.24. The predicted octanol–water partition coefficient (Wildman–Crippen LogP) is 4.51. The van der Waals surface area contributed by atoms with Gasteiger partial charge >= 0.3 is 0 Å². The van der Waals surface area contributed by atoms with E-state index in [4.69, 9.17) is 21.1 Å². The molecule has 0 bridgehead atoms. The van der Waals surface area contributed by atoms with Crippen molar-refractivity contribution in [2.75, 3.05) is 19.0 Å². The lowest BCUT2D eigenvalue weighted by atomic mass is 10.0. The van der Waals surface area contributed by atoms with Crippen LogP contribution in [0.1, 0.15) is 25.8 Å². The van der Waals surface area contributed by atoms with E-state index in [0.717, 1.165) is 35.3 Å². The molecule has 32 heavy (non-hydrogen) atoms. The molecule has 0 aliphatic carbocycles. The number of ether oxygens (including phenoxy) is 1. The van der Waals surface area contributed by atoms with E-state index in [9.17, 15) is 4.39 Å². The van der Waals surface area contributed by atoms with E-state index in [1.54, 1.807) is 19.2 Å². The fraction of sp³-hybridized carbons (Fsp3) is 0.348. The first-order valence-electron chi connectivity index (χ1n) is 10.3. The van der Waals surface area contributed by atoms with Gasteiger partial charge in [-0.15, -0.1) is 0 Å². The first-order chi connectivity index (χ1) is 15.4. The van der Waals surface area contributed by atoms with Crippen LogP contribution < -0.4 is 15.8 Å². The summed E-state index contributed by atoms with van der Waals surface area (Å²) >= 11 is 5.91. The molecule has 1 amide bonds. The number of hydrogen-bond donors (Lipinski definition) is 2. The average Bonchev–Trinajstić information content (AvgIpc) is 3.09. The van der Waals surface area contributed by atoms with Gasteiger partial charge in [0.1, 0.15) is 17.9 Å². The molecule has 7 nitrogen and oxygen atoms in total. The number of rotatable bonds is 5. The number of carbonyl (C=O) groups is 1. The Labute approximate surface area is 191 Å². The quantitative estimate of drug-likeness (QED) is 0.545. The summed E-state index contributed by atoms with van der Waals surface area (Å²) in [7, 11) is 1.67. The van der Waals surface area contributed by atoms with Crippen LogP contribution in [0.5, 0.6) is 5.75 Å². The summed E-state index contributed by atoms with van der Waals surface area (Å²) in [6, 6.07) is 9.31. The largest absolute Gasteiger partial charge is 0.496 e. The van der Waals surface area contributed by atoms with Gasteiger partial charge in [-0.1, -0.05) is 24.6 Å². The van der Waals surface area contributed by atoms with Crippen LogP contribution >= 0.6 is 11.6 Å². The number of amides is 1. The minimum absolute atomic E-state index is 0.0628. The number of halogens is 2. The molecular formula is C23H27ClFN5O2. The number of nitrogens with zero attached hydrogens (tertiary/aromatic N) is 3. The fourth-order valence-corrected chi connectivity index (χ4v) is 4.06. The normalized spacial score (nSPS) is 18.2. The minimum atomic E-state index is -0.505. The number of benzene rings is 2. The maximum Gasteiger partial charge on any atom is 0.204 e. The molecule has 1 aromatic heterocycles. The maximum absolute atomic E-state index is 14.4. The van der Waals surface area contributed by atoms with Crippen molar-refractivity contribution in [2.24, 2.45) is 11.7 Å². The number of nitrogens with one attached hydrogen (secondary N) is 1. The number of fused-ring (bicyclic) bond motifs is 1. The van der Waals surface area contributed by atoms with Crippen molar-refractivity contribution in [3.8, 4) is 5.75 Å². The second-order valence-corrected chi connectivity index (χ2v) is 8.15. The van der Waals surface area contributed by atoms with E-state index in [-0.39, 0.29) is 17.1 Å². The lowest BCUT2D eigenvalue weighted by Crippen LogP contribution is -2.28. The molecule has 3 N–H and O–H groups in total. The molecule has 170 valence electrons. The van der Waals surface area contributed by atoms with Gasteiger partial charge < -0.3 is 15.8 Å². The zero-order valence-corrected chi connectivity index (χ0v) is 19.1. The van der Waals surface area contributed by atoms with Gasteiger partial charge in [-0.25, -0.2) is 14.4 Å². The number of methoxy groups -OCH3 is 1. The summed E-state index contributed by atoms with van der Waals surface area (Å²) in [4.78, 5) is 19.8. The third-order valence-corrected chi connectivity index (χ3v) is 6.18. The van der Waals surface area contributed by atoms with Gasteiger partial charge in [0.25, 0.3) is 0 Å². The maximum atomic E-state index is 14.4. The first kappa shape index (κ1) is 23.7. The highest BCUT2D eigenvalue weighted by molar-refractivity contribution is 6.31. The number of likely N-dealkylation sites (tertiary alicyclic amines) is 1. The number of aromatic nitrogens is 2. The van der Waals surface area contributed by atoms with Gasteiger partial charge in [0.2, 0.25) is 6.41 Å². The average molecular weight is 460 g/mol. The van der Waals surface area contributed by atoms with Crippen LogP contribution in [0, 0.1) is 11.7 Å².